The average Bonchev–Trinajstić information content (AvgIpc) is 2.75. The largest absolute Gasteiger partial charge is 0.480 e. The molecule has 0 aliphatic carbocycles. The summed E-state index contributed by atoms with van der Waals surface area (Å²) in [7, 11) is 0. The summed E-state index contributed by atoms with van der Waals surface area (Å²) in [5, 5.41) is 15.1. The molecule has 0 spiro atoms. The van der Waals surface area contributed by atoms with Gasteiger partial charge in [-0.05, 0) is 49.2 Å². The van der Waals surface area contributed by atoms with E-state index in [1.54, 1.807) is 26.0 Å². The number of hydrogen-bond donors (Lipinski definition) is 4. The Kier molecular flexibility index (Phi) is 7.24. The number of anilines is 1. The van der Waals surface area contributed by atoms with Crippen LogP contribution >= 0.6 is 11.6 Å². The summed E-state index contributed by atoms with van der Waals surface area (Å²) < 4.78 is 0. The molecule has 3 rings (SSSR count). The second-order valence-corrected chi connectivity index (χ2v) is 7.81. The lowest BCUT2D eigenvalue weighted by Crippen LogP contribution is -2.42. The van der Waals surface area contributed by atoms with Gasteiger partial charge in [-0.2, -0.15) is 4.98 Å². The SMILES string of the molecule is Cc1cccc(C)c1C(=O)Nc1nc(=O)[nH]cc1CC(NC(=O)c1ccc(Cl)cc1)C(=O)O. The third kappa shape index (κ3) is 5.83. The number of hydrogen-bond acceptors (Lipinski definition) is 5. The van der Waals surface area contributed by atoms with Gasteiger partial charge in [0, 0.05) is 34.3 Å². The van der Waals surface area contributed by atoms with Crippen LogP contribution in [0, 0.1) is 13.8 Å². The van der Waals surface area contributed by atoms with E-state index >= 15 is 0 Å². The third-order valence-corrected chi connectivity index (χ3v) is 5.21. The van der Waals surface area contributed by atoms with Crippen LogP contribution in [-0.2, 0) is 11.2 Å². The summed E-state index contributed by atoms with van der Waals surface area (Å²) in [6.45, 7) is 3.56. The predicted molar refractivity (Wildman–Crippen MR) is 123 cm³/mol. The van der Waals surface area contributed by atoms with Gasteiger partial charge in [0.1, 0.15) is 11.9 Å². The Balaban J connectivity index is 1.85. The number of aliphatic carboxylic acids is 1. The lowest BCUT2D eigenvalue weighted by molar-refractivity contribution is -0.139. The fraction of sp³-hybridized carbons (Fsp3) is 0.174. The van der Waals surface area contributed by atoms with E-state index in [0.717, 1.165) is 11.1 Å². The number of benzene rings is 2. The molecule has 170 valence electrons. The molecule has 10 heteroatoms. The number of aromatic amines is 1. The molecule has 0 aliphatic heterocycles. The Bertz CT molecular complexity index is 1250. The standard InChI is InChI=1S/C23H21ClN4O5/c1-12-4-3-5-13(2)18(12)21(30)27-19-15(11-25-23(33)28-19)10-17(22(31)32)26-20(29)14-6-8-16(24)9-7-14/h3-9,11,17H,10H2,1-2H3,(H,26,29)(H,31,32)(H2,25,27,28,30,33). The number of nitrogens with one attached hydrogen (secondary N) is 3. The molecule has 33 heavy (non-hydrogen) atoms. The zero-order chi connectivity index (χ0) is 24.1. The van der Waals surface area contributed by atoms with Gasteiger partial charge in [0.05, 0.1) is 0 Å². The first-order valence-corrected chi connectivity index (χ1v) is 10.3. The maximum absolute atomic E-state index is 12.9. The number of aromatic nitrogens is 2. The van der Waals surface area contributed by atoms with Crippen molar-refractivity contribution in [3.63, 3.8) is 0 Å². The zero-order valence-corrected chi connectivity index (χ0v) is 18.6. The van der Waals surface area contributed by atoms with Crippen molar-refractivity contribution in [1.29, 1.82) is 0 Å². The minimum absolute atomic E-state index is 0.0848. The van der Waals surface area contributed by atoms with Crippen LogP contribution in [-0.4, -0.2) is 38.9 Å². The number of aryl methyl sites for hydroxylation is 2. The predicted octanol–water partition coefficient (Wildman–Crippen LogP) is 2.72. The second-order valence-electron chi connectivity index (χ2n) is 7.38. The maximum Gasteiger partial charge on any atom is 0.346 e. The number of carbonyl (C=O) groups is 3. The van der Waals surface area contributed by atoms with Gasteiger partial charge in [0.15, 0.2) is 0 Å². The van der Waals surface area contributed by atoms with Crippen LogP contribution in [0.2, 0.25) is 5.02 Å². The Hall–Kier alpha value is -3.98. The first kappa shape index (κ1) is 23.7. The van der Waals surface area contributed by atoms with Crippen molar-refractivity contribution in [3.05, 3.63) is 92.0 Å². The molecule has 9 nitrogen and oxygen atoms in total. The average molecular weight is 469 g/mol. The van der Waals surface area contributed by atoms with E-state index in [1.165, 1.54) is 30.5 Å². The first-order valence-electron chi connectivity index (χ1n) is 9.91. The van der Waals surface area contributed by atoms with Crippen LogP contribution in [0.3, 0.4) is 0 Å². The highest BCUT2D eigenvalue weighted by Gasteiger charge is 2.24. The molecule has 0 saturated carbocycles. The van der Waals surface area contributed by atoms with Crippen molar-refractivity contribution in [2.45, 2.75) is 26.3 Å². The number of halogens is 1. The fourth-order valence-electron chi connectivity index (χ4n) is 3.29. The van der Waals surface area contributed by atoms with Crippen LogP contribution in [0.1, 0.15) is 37.4 Å². The van der Waals surface area contributed by atoms with Gasteiger partial charge in [-0.1, -0.05) is 29.8 Å². The summed E-state index contributed by atoms with van der Waals surface area (Å²) in [6, 6.07) is 9.99. The molecule has 2 amide bonds. The van der Waals surface area contributed by atoms with Crippen LogP contribution in [0.15, 0.2) is 53.5 Å². The second kappa shape index (κ2) is 10.1. The van der Waals surface area contributed by atoms with Crippen molar-refractivity contribution < 1.29 is 19.5 Å². The first-order chi connectivity index (χ1) is 15.7. The molecule has 0 radical (unpaired) electrons. The lowest BCUT2D eigenvalue weighted by atomic mass is 10.0. The molecule has 1 atom stereocenters. The Morgan fingerprint density at radius 1 is 1.06 bits per heavy atom. The summed E-state index contributed by atoms with van der Waals surface area (Å²) >= 11 is 5.82. The van der Waals surface area contributed by atoms with Gasteiger partial charge in [0.25, 0.3) is 11.8 Å². The van der Waals surface area contributed by atoms with Crippen molar-refractivity contribution >= 4 is 35.2 Å². The van der Waals surface area contributed by atoms with Crippen molar-refractivity contribution in [2.75, 3.05) is 5.32 Å². The molecule has 0 bridgehead atoms. The molecule has 1 aromatic heterocycles. The van der Waals surface area contributed by atoms with Gasteiger partial charge >= 0.3 is 11.7 Å². The van der Waals surface area contributed by atoms with Gasteiger partial charge in [-0.3, -0.25) is 9.59 Å². The maximum atomic E-state index is 12.9. The molecule has 2 aromatic carbocycles. The van der Waals surface area contributed by atoms with Crippen LogP contribution < -0.4 is 16.3 Å². The highest BCUT2D eigenvalue weighted by molar-refractivity contribution is 6.30. The fourth-order valence-corrected chi connectivity index (χ4v) is 3.42. The van der Waals surface area contributed by atoms with E-state index in [9.17, 15) is 24.3 Å². The quantitative estimate of drug-likeness (QED) is 0.420. The third-order valence-electron chi connectivity index (χ3n) is 4.96. The van der Waals surface area contributed by atoms with Crippen molar-refractivity contribution in [2.24, 2.45) is 0 Å². The molecular formula is C23H21ClN4O5. The highest BCUT2D eigenvalue weighted by atomic mass is 35.5. The minimum Gasteiger partial charge on any atom is -0.480 e. The van der Waals surface area contributed by atoms with E-state index in [0.29, 0.717) is 10.6 Å². The van der Waals surface area contributed by atoms with E-state index in [2.05, 4.69) is 20.6 Å². The van der Waals surface area contributed by atoms with E-state index in [1.807, 2.05) is 6.07 Å². The summed E-state index contributed by atoms with van der Waals surface area (Å²) in [5.74, 6) is -2.48. The summed E-state index contributed by atoms with van der Waals surface area (Å²) in [4.78, 5) is 55.1. The lowest BCUT2D eigenvalue weighted by Gasteiger charge is -2.17. The van der Waals surface area contributed by atoms with Crippen LogP contribution in [0.5, 0.6) is 0 Å². The number of amides is 2. The van der Waals surface area contributed by atoms with Gasteiger partial charge < -0.3 is 20.7 Å². The number of H-pyrrole nitrogens is 1. The number of nitrogens with zero attached hydrogens (tertiary/aromatic N) is 1. The molecule has 1 unspecified atom stereocenters. The Labute approximate surface area is 193 Å². The number of carbonyl (C=O) groups excluding carboxylic acids is 2. The number of carboxylic acids is 1. The Morgan fingerprint density at radius 3 is 2.30 bits per heavy atom. The summed E-state index contributed by atoms with van der Waals surface area (Å²) in [5.41, 5.74) is 1.64. The van der Waals surface area contributed by atoms with Gasteiger partial charge in [0.2, 0.25) is 0 Å². The van der Waals surface area contributed by atoms with E-state index < -0.39 is 29.5 Å². The van der Waals surface area contributed by atoms with E-state index in [-0.39, 0.29) is 23.4 Å². The number of carboxylic acid groups (broad SMARTS) is 1. The van der Waals surface area contributed by atoms with Gasteiger partial charge in [-0.25, -0.2) is 9.59 Å². The topological polar surface area (TPSA) is 141 Å². The molecule has 4 N–H and O–H groups in total. The highest BCUT2D eigenvalue weighted by Crippen LogP contribution is 2.18. The minimum atomic E-state index is -1.35. The smallest absolute Gasteiger partial charge is 0.346 e. The molecule has 1 heterocycles. The van der Waals surface area contributed by atoms with Crippen LogP contribution in [0.25, 0.3) is 0 Å². The summed E-state index contributed by atoms with van der Waals surface area (Å²) in [6.07, 6.45) is 1.03. The number of rotatable bonds is 7. The molecular weight excluding hydrogens is 448 g/mol. The van der Waals surface area contributed by atoms with Crippen molar-refractivity contribution in [3.8, 4) is 0 Å². The normalized spacial score (nSPS) is 11.5. The van der Waals surface area contributed by atoms with E-state index in [4.69, 9.17) is 11.6 Å². The molecule has 3 aromatic rings. The zero-order valence-electron chi connectivity index (χ0n) is 17.8. The Morgan fingerprint density at radius 2 is 1.70 bits per heavy atom. The van der Waals surface area contributed by atoms with Crippen molar-refractivity contribution in [1.82, 2.24) is 15.3 Å². The van der Waals surface area contributed by atoms with Gasteiger partial charge in [-0.15, -0.1) is 0 Å². The van der Waals surface area contributed by atoms with Crippen LogP contribution in [0.4, 0.5) is 5.82 Å². The molecule has 0 saturated heterocycles. The monoisotopic (exact) mass is 468 g/mol. The molecule has 0 aliphatic rings. The molecule has 0 fully saturated rings.